The Kier molecular flexibility index (Phi) is 7.52. The van der Waals surface area contributed by atoms with E-state index in [1.54, 1.807) is 13.0 Å². The van der Waals surface area contributed by atoms with Crippen LogP contribution >= 0.6 is 0 Å². The highest BCUT2D eigenvalue weighted by atomic mass is 19.1. The van der Waals surface area contributed by atoms with Crippen LogP contribution < -0.4 is 4.74 Å². The Balaban J connectivity index is 1.93. The van der Waals surface area contributed by atoms with E-state index in [2.05, 4.69) is 4.74 Å². The van der Waals surface area contributed by atoms with Crippen LogP contribution in [0.4, 0.5) is 4.39 Å². The SMILES string of the molecule is COC(=O)CCn1c(C)cc(C(=O)COC(=O)[C@@H](C)Oc2ccc(F)cc2)c1C. The highest BCUT2D eigenvalue weighted by molar-refractivity contribution is 5.99. The number of hydrogen-bond acceptors (Lipinski definition) is 6. The third kappa shape index (κ3) is 5.91. The minimum absolute atomic E-state index is 0.188. The average Bonchev–Trinajstić information content (AvgIpc) is 2.99. The lowest BCUT2D eigenvalue weighted by Crippen LogP contribution is -2.28. The average molecular weight is 405 g/mol. The maximum Gasteiger partial charge on any atom is 0.347 e. The number of benzene rings is 1. The summed E-state index contributed by atoms with van der Waals surface area (Å²) in [5.41, 5.74) is 1.92. The molecular formula is C21H24FNO6. The first-order valence-electron chi connectivity index (χ1n) is 9.08. The monoisotopic (exact) mass is 405 g/mol. The molecule has 0 aliphatic carbocycles. The minimum Gasteiger partial charge on any atom is -0.479 e. The minimum atomic E-state index is -0.958. The number of ether oxygens (including phenoxy) is 3. The summed E-state index contributed by atoms with van der Waals surface area (Å²) in [5, 5.41) is 0. The number of aromatic nitrogens is 1. The molecule has 8 heteroatoms. The molecule has 1 heterocycles. The van der Waals surface area contributed by atoms with Gasteiger partial charge in [-0.15, -0.1) is 0 Å². The van der Waals surface area contributed by atoms with Crippen LogP contribution in [0.15, 0.2) is 30.3 Å². The summed E-state index contributed by atoms with van der Waals surface area (Å²) >= 11 is 0. The first kappa shape index (κ1) is 22.1. The van der Waals surface area contributed by atoms with Gasteiger partial charge >= 0.3 is 11.9 Å². The van der Waals surface area contributed by atoms with E-state index in [0.29, 0.717) is 23.6 Å². The molecule has 0 amide bonds. The van der Waals surface area contributed by atoms with E-state index in [-0.39, 0.29) is 18.2 Å². The first-order valence-corrected chi connectivity index (χ1v) is 9.08. The Morgan fingerprint density at radius 2 is 1.79 bits per heavy atom. The number of methoxy groups -OCH3 is 1. The second-order valence-corrected chi connectivity index (χ2v) is 6.51. The van der Waals surface area contributed by atoms with E-state index in [0.717, 1.165) is 5.69 Å². The standard InChI is InChI=1S/C21H24FNO6/c1-13-11-18(14(2)23(13)10-9-20(25)27-4)19(24)12-28-21(26)15(3)29-17-7-5-16(22)6-8-17/h5-8,11,15H,9-10,12H2,1-4H3/t15-/m1/s1. The zero-order valence-corrected chi connectivity index (χ0v) is 16.9. The molecule has 0 fully saturated rings. The Labute approximate surface area is 168 Å². The zero-order chi connectivity index (χ0) is 21.6. The Bertz CT molecular complexity index is 887. The molecule has 29 heavy (non-hydrogen) atoms. The highest BCUT2D eigenvalue weighted by Crippen LogP contribution is 2.17. The first-order chi connectivity index (χ1) is 13.7. The topological polar surface area (TPSA) is 83.8 Å². The predicted octanol–water partition coefficient (Wildman–Crippen LogP) is 3.00. The fraction of sp³-hybridized carbons (Fsp3) is 0.381. The van der Waals surface area contributed by atoms with Crippen LogP contribution in [0.1, 0.15) is 35.1 Å². The van der Waals surface area contributed by atoms with Crippen molar-refractivity contribution in [2.75, 3.05) is 13.7 Å². The molecule has 0 aliphatic heterocycles. The maximum absolute atomic E-state index is 12.9. The smallest absolute Gasteiger partial charge is 0.347 e. The van der Waals surface area contributed by atoms with Crippen molar-refractivity contribution in [3.05, 3.63) is 53.1 Å². The molecule has 156 valence electrons. The molecule has 7 nitrogen and oxygen atoms in total. The number of esters is 2. The second kappa shape index (κ2) is 9.86. The molecule has 2 aromatic rings. The van der Waals surface area contributed by atoms with Gasteiger partial charge in [0.25, 0.3) is 0 Å². The molecule has 0 bridgehead atoms. The number of carbonyl (C=O) groups excluding carboxylic acids is 3. The molecule has 0 saturated carbocycles. The lowest BCUT2D eigenvalue weighted by atomic mass is 10.1. The van der Waals surface area contributed by atoms with Gasteiger partial charge in [-0.1, -0.05) is 0 Å². The van der Waals surface area contributed by atoms with Crippen molar-refractivity contribution in [3.8, 4) is 5.75 Å². The van der Waals surface area contributed by atoms with Crippen molar-refractivity contribution in [2.24, 2.45) is 0 Å². The molecule has 1 aromatic carbocycles. The van der Waals surface area contributed by atoms with E-state index in [9.17, 15) is 18.8 Å². The number of hydrogen-bond donors (Lipinski definition) is 0. The van der Waals surface area contributed by atoms with Crippen LogP contribution in [0.25, 0.3) is 0 Å². The fourth-order valence-corrected chi connectivity index (χ4v) is 2.83. The number of nitrogens with zero attached hydrogens (tertiary/aromatic N) is 1. The van der Waals surface area contributed by atoms with E-state index >= 15 is 0 Å². The molecule has 0 saturated heterocycles. The summed E-state index contributed by atoms with van der Waals surface area (Å²) < 4.78 is 29.8. The molecular weight excluding hydrogens is 381 g/mol. The Morgan fingerprint density at radius 1 is 1.14 bits per heavy atom. The third-order valence-corrected chi connectivity index (χ3v) is 4.45. The molecule has 1 aromatic heterocycles. The zero-order valence-electron chi connectivity index (χ0n) is 16.9. The van der Waals surface area contributed by atoms with Crippen LogP contribution in [0.5, 0.6) is 5.75 Å². The highest BCUT2D eigenvalue weighted by Gasteiger charge is 2.21. The Morgan fingerprint density at radius 3 is 2.41 bits per heavy atom. The molecule has 1 atom stereocenters. The van der Waals surface area contributed by atoms with Crippen molar-refractivity contribution in [1.82, 2.24) is 4.57 Å². The fourth-order valence-electron chi connectivity index (χ4n) is 2.83. The predicted molar refractivity (Wildman–Crippen MR) is 102 cm³/mol. The third-order valence-electron chi connectivity index (χ3n) is 4.45. The number of ketones is 1. The lowest BCUT2D eigenvalue weighted by Gasteiger charge is -2.13. The van der Waals surface area contributed by atoms with Gasteiger partial charge in [-0.25, -0.2) is 9.18 Å². The number of Topliss-reactive ketones (excluding diaryl/α,β-unsaturated/α-hetero) is 1. The number of carbonyl (C=O) groups is 3. The summed E-state index contributed by atoms with van der Waals surface area (Å²) in [6.45, 7) is 5.03. The van der Waals surface area contributed by atoms with E-state index in [4.69, 9.17) is 9.47 Å². The quantitative estimate of drug-likeness (QED) is 0.471. The van der Waals surface area contributed by atoms with Gasteiger partial charge < -0.3 is 18.8 Å². The number of rotatable bonds is 9. The van der Waals surface area contributed by atoms with Crippen molar-refractivity contribution >= 4 is 17.7 Å². The second-order valence-electron chi connectivity index (χ2n) is 6.51. The van der Waals surface area contributed by atoms with Crippen molar-refractivity contribution in [1.29, 1.82) is 0 Å². The van der Waals surface area contributed by atoms with Gasteiger partial charge in [-0.2, -0.15) is 0 Å². The number of halogens is 1. The van der Waals surface area contributed by atoms with Crippen molar-refractivity contribution in [2.45, 2.75) is 39.8 Å². The van der Waals surface area contributed by atoms with Gasteiger partial charge in [0.2, 0.25) is 5.78 Å². The van der Waals surface area contributed by atoms with Crippen LogP contribution in [-0.4, -0.2) is 42.1 Å². The van der Waals surface area contributed by atoms with Crippen LogP contribution in [0.2, 0.25) is 0 Å². The summed E-state index contributed by atoms with van der Waals surface area (Å²) in [7, 11) is 1.32. The Hall–Kier alpha value is -3.16. The molecule has 2 rings (SSSR count). The molecule has 0 unspecified atom stereocenters. The van der Waals surface area contributed by atoms with Gasteiger partial charge in [0.05, 0.1) is 13.5 Å². The molecule has 0 radical (unpaired) electrons. The van der Waals surface area contributed by atoms with E-state index in [1.165, 1.54) is 38.3 Å². The van der Waals surface area contributed by atoms with Gasteiger partial charge in [-0.05, 0) is 51.1 Å². The van der Waals surface area contributed by atoms with Crippen LogP contribution in [-0.2, 0) is 25.6 Å². The van der Waals surface area contributed by atoms with E-state index < -0.39 is 24.5 Å². The van der Waals surface area contributed by atoms with Crippen molar-refractivity contribution < 1.29 is 33.0 Å². The van der Waals surface area contributed by atoms with E-state index in [1.807, 2.05) is 11.5 Å². The van der Waals surface area contributed by atoms with Crippen LogP contribution in [0, 0.1) is 19.7 Å². The molecule has 0 N–H and O–H groups in total. The largest absolute Gasteiger partial charge is 0.479 e. The maximum atomic E-state index is 12.9. The summed E-state index contributed by atoms with van der Waals surface area (Å²) in [6, 6.07) is 6.92. The van der Waals surface area contributed by atoms with Gasteiger partial charge in [0.15, 0.2) is 12.7 Å². The number of aryl methyl sites for hydroxylation is 1. The van der Waals surface area contributed by atoms with Gasteiger partial charge in [-0.3, -0.25) is 9.59 Å². The summed E-state index contributed by atoms with van der Waals surface area (Å²) in [6.07, 6.45) is -0.769. The molecule has 0 aliphatic rings. The van der Waals surface area contributed by atoms with Crippen molar-refractivity contribution in [3.63, 3.8) is 0 Å². The summed E-state index contributed by atoms with van der Waals surface area (Å²) in [5.74, 6) is -1.50. The van der Waals surface area contributed by atoms with Gasteiger partial charge in [0, 0.05) is 23.5 Å². The normalized spacial score (nSPS) is 11.6. The molecule has 0 spiro atoms. The lowest BCUT2D eigenvalue weighted by molar-refractivity contribution is -0.149. The summed E-state index contributed by atoms with van der Waals surface area (Å²) in [4.78, 5) is 35.9. The van der Waals surface area contributed by atoms with Crippen LogP contribution in [0.3, 0.4) is 0 Å². The van der Waals surface area contributed by atoms with Gasteiger partial charge in [0.1, 0.15) is 11.6 Å².